The van der Waals surface area contributed by atoms with Gasteiger partial charge in [0.2, 0.25) is 0 Å². The Balaban J connectivity index is 1.79. The number of aryl methyl sites for hydroxylation is 3. The molecule has 2 heterocycles. The van der Waals surface area contributed by atoms with Crippen molar-refractivity contribution in [1.29, 1.82) is 0 Å². The van der Waals surface area contributed by atoms with Crippen LogP contribution in [0.3, 0.4) is 0 Å². The van der Waals surface area contributed by atoms with Crippen LogP contribution in [0, 0.1) is 27.7 Å². The maximum absolute atomic E-state index is 13.8. The highest BCUT2D eigenvalue weighted by Crippen LogP contribution is 2.37. The molecule has 6 nitrogen and oxygen atoms in total. The summed E-state index contributed by atoms with van der Waals surface area (Å²) in [5.74, 6) is -0.521. The van der Waals surface area contributed by atoms with Gasteiger partial charge in [0.15, 0.2) is 0 Å². The van der Waals surface area contributed by atoms with Crippen LogP contribution in [0.15, 0.2) is 42.1 Å². The van der Waals surface area contributed by atoms with Crippen LogP contribution in [0.2, 0.25) is 0 Å². The first-order chi connectivity index (χ1) is 15.3. The number of amides is 2. The Kier molecular flexibility index (Phi) is 6.17. The zero-order valence-electron chi connectivity index (χ0n) is 19.3. The largest absolute Gasteiger partial charge is 0.395 e. The molecule has 0 saturated carbocycles. The molecule has 0 radical (unpaired) electrons. The SMILES string of the molecule is Cc1ccc(C2=C(N3CCN(CCO)CC3)C(=O)N(c3cccc(C)c3C)C2=O)cc1C. The lowest BCUT2D eigenvalue weighted by Gasteiger charge is -2.36. The van der Waals surface area contributed by atoms with Crippen LogP contribution in [0.25, 0.3) is 5.57 Å². The van der Waals surface area contributed by atoms with Crippen LogP contribution in [0.4, 0.5) is 5.69 Å². The molecular weight excluding hydrogens is 402 g/mol. The van der Waals surface area contributed by atoms with Gasteiger partial charge in [-0.15, -0.1) is 0 Å². The molecule has 1 saturated heterocycles. The molecule has 1 N–H and O–H groups in total. The number of benzene rings is 2. The van der Waals surface area contributed by atoms with Crippen molar-refractivity contribution < 1.29 is 14.7 Å². The number of piperazine rings is 1. The molecule has 2 aliphatic rings. The molecule has 4 rings (SSSR count). The second-order valence-electron chi connectivity index (χ2n) is 8.74. The number of imide groups is 1. The number of rotatable bonds is 5. The highest BCUT2D eigenvalue weighted by atomic mass is 16.3. The van der Waals surface area contributed by atoms with Gasteiger partial charge >= 0.3 is 0 Å². The van der Waals surface area contributed by atoms with E-state index in [-0.39, 0.29) is 18.4 Å². The lowest BCUT2D eigenvalue weighted by atomic mass is 9.99. The van der Waals surface area contributed by atoms with Crippen LogP contribution in [-0.2, 0) is 9.59 Å². The van der Waals surface area contributed by atoms with Gasteiger partial charge in [0.05, 0.1) is 17.9 Å². The lowest BCUT2D eigenvalue weighted by molar-refractivity contribution is -0.120. The van der Waals surface area contributed by atoms with Crippen molar-refractivity contribution in [2.75, 3.05) is 44.2 Å². The first-order valence-corrected chi connectivity index (χ1v) is 11.2. The van der Waals surface area contributed by atoms with Gasteiger partial charge < -0.3 is 10.0 Å². The fraction of sp³-hybridized carbons (Fsp3) is 0.385. The summed E-state index contributed by atoms with van der Waals surface area (Å²) in [4.78, 5) is 33.1. The number of hydrogen-bond donors (Lipinski definition) is 1. The average molecular weight is 434 g/mol. The van der Waals surface area contributed by atoms with E-state index in [0.29, 0.717) is 36.6 Å². The second kappa shape index (κ2) is 8.88. The van der Waals surface area contributed by atoms with Crippen molar-refractivity contribution >= 4 is 23.1 Å². The molecule has 0 atom stereocenters. The van der Waals surface area contributed by atoms with E-state index in [1.165, 1.54) is 4.90 Å². The molecule has 0 aromatic heterocycles. The molecule has 0 bridgehead atoms. The molecule has 0 unspecified atom stereocenters. The number of aliphatic hydroxyl groups is 1. The van der Waals surface area contributed by atoms with Gasteiger partial charge in [-0.2, -0.15) is 0 Å². The topological polar surface area (TPSA) is 64.1 Å². The van der Waals surface area contributed by atoms with E-state index in [0.717, 1.165) is 40.9 Å². The molecule has 0 aliphatic carbocycles. The highest BCUT2D eigenvalue weighted by molar-refractivity contribution is 6.45. The molecule has 2 aliphatic heterocycles. The van der Waals surface area contributed by atoms with Gasteiger partial charge in [-0.25, -0.2) is 4.90 Å². The Morgan fingerprint density at radius 3 is 2.22 bits per heavy atom. The first kappa shape index (κ1) is 22.2. The summed E-state index contributed by atoms with van der Waals surface area (Å²) < 4.78 is 0. The Morgan fingerprint density at radius 1 is 0.844 bits per heavy atom. The number of hydrogen-bond acceptors (Lipinski definition) is 5. The molecule has 2 amide bonds. The maximum Gasteiger partial charge on any atom is 0.282 e. The second-order valence-corrected chi connectivity index (χ2v) is 8.74. The summed E-state index contributed by atoms with van der Waals surface area (Å²) in [5.41, 5.74) is 6.62. The molecule has 0 spiro atoms. The van der Waals surface area contributed by atoms with Crippen molar-refractivity contribution in [3.05, 3.63) is 69.9 Å². The number of anilines is 1. The third kappa shape index (κ3) is 3.85. The number of carbonyl (C=O) groups is 2. The van der Waals surface area contributed by atoms with Crippen molar-refractivity contribution in [1.82, 2.24) is 9.80 Å². The minimum Gasteiger partial charge on any atom is -0.395 e. The molecule has 6 heteroatoms. The maximum atomic E-state index is 13.8. The smallest absolute Gasteiger partial charge is 0.282 e. The predicted molar refractivity (Wildman–Crippen MR) is 126 cm³/mol. The molecule has 2 aromatic carbocycles. The molecule has 1 fully saturated rings. The zero-order valence-corrected chi connectivity index (χ0v) is 19.3. The van der Waals surface area contributed by atoms with Gasteiger partial charge in [0, 0.05) is 32.7 Å². The Bertz CT molecular complexity index is 1100. The van der Waals surface area contributed by atoms with Gasteiger partial charge in [-0.05, 0) is 61.6 Å². The quantitative estimate of drug-likeness (QED) is 0.735. The number of nitrogens with zero attached hydrogens (tertiary/aromatic N) is 3. The Morgan fingerprint density at radius 2 is 1.56 bits per heavy atom. The van der Waals surface area contributed by atoms with Crippen LogP contribution in [-0.4, -0.2) is 66.1 Å². The van der Waals surface area contributed by atoms with E-state index in [9.17, 15) is 14.7 Å². The van der Waals surface area contributed by atoms with E-state index in [2.05, 4.69) is 4.90 Å². The Hall–Kier alpha value is -2.96. The fourth-order valence-electron chi connectivity index (χ4n) is 4.50. The summed E-state index contributed by atoms with van der Waals surface area (Å²) in [5, 5.41) is 9.25. The van der Waals surface area contributed by atoms with Gasteiger partial charge in [0.1, 0.15) is 5.70 Å². The molecule has 168 valence electrons. The minimum atomic E-state index is -0.264. The summed E-state index contributed by atoms with van der Waals surface area (Å²) in [7, 11) is 0. The van der Waals surface area contributed by atoms with E-state index >= 15 is 0 Å². The molecule has 32 heavy (non-hydrogen) atoms. The predicted octanol–water partition coefficient (Wildman–Crippen LogP) is 2.81. The normalized spacial score (nSPS) is 17.7. The van der Waals surface area contributed by atoms with E-state index in [4.69, 9.17) is 0 Å². The Labute approximate surface area is 189 Å². The number of aliphatic hydroxyl groups excluding tert-OH is 1. The third-order valence-corrected chi connectivity index (χ3v) is 6.78. The van der Waals surface area contributed by atoms with Crippen LogP contribution < -0.4 is 4.90 Å². The highest BCUT2D eigenvalue weighted by Gasteiger charge is 2.43. The van der Waals surface area contributed by atoms with Gasteiger partial charge in [-0.1, -0.05) is 30.3 Å². The van der Waals surface area contributed by atoms with Crippen molar-refractivity contribution in [3.8, 4) is 0 Å². The van der Waals surface area contributed by atoms with Crippen molar-refractivity contribution in [3.63, 3.8) is 0 Å². The molecule has 2 aromatic rings. The minimum absolute atomic E-state index is 0.119. The monoisotopic (exact) mass is 433 g/mol. The van der Waals surface area contributed by atoms with Crippen LogP contribution in [0.5, 0.6) is 0 Å². The first-order valence-electron chi connectivity index (χ1n) is 11.2. The summed E-state index contributed by atoms with van der Waals surface area (Å²) >= 11 is 0. The summed E-state index contributed by atoms with van der Waals surface area (Å²) in [6, 6.07) is 11.7. The number of carbonyl (C=O) groups excluding carboxylic acids is 2. The van der Waals surface area contributed by atoms with Gasteiger partial charge in [0.25, 0.3) is 11.8 Å². The zero-order chi connectivity index (χ0) is 23.0. The summed E-state index contributed by atoms with van der Waals surface area (Å²) in [6.07, 6.45) is 0. The van der Waals surface area contributed by atoms with Crippen molar-refractivity contribution in [2.24, 2.45) is 0 Å². The summed E-state index contributed by atoms with van der Waals surface area (Å²) in [6.45, 7) is 11.5. The third-order valence-electron chi connectivity index (χ3n) is 6.78. The average Bonchev–Trinajstić information content (AvgIpc) is 3.03. The van der Waals surface area contributed by atoms with Crippen molar-refractivity contribution in [2.45, 2.75) is 27.7 Å². The van der Waals surface area contributed by atoms with E-state index in [1.807, 2.05) is 69.0 Å². The fourth-order valence-corrected chi connectivity index (χ4v) is 4.50. The van der Waals surface area contributed by atoms with E-state index < -0.39 is 0 Å². The lowest BCUT2D eigenvalue weighted by Crippen LogP contribution is -2.48. The molecular formula is C26H31N3O3. The van der Waals surface area contributed by atoms with Gasteiger partial charge in [-0.3, -0.25) is 14.5 Å². The van der Waals surface area contributed by atoms with Crippen LogP contribution >= 0.6 is 0 Å². The number of β-amino-alcohol motifs (C(OH)–C–C–N with tert-alkyl or cyclic N) is 1. The van der Waals surface area contributed by atoms with E-state index in [1.54, 1.807) is 0 Å². The van der Waals surface area contributed by atoms with Crippen LogP contribution in [0.1, 0.15) is 27.8 Å². The standard InChI is InChI=1S/C26H31N3O3/c1-17-8-9-21(16-19(17)3)23-24(28-12-10-27(11-13-28)14-15-30)26(32)29(25(23)31)22-7-5-6-18(2)20(22)4/h5-9,16,30H,10-15H2,1-4H3.